The van der Waals surface area contributed by atoms with Crippen LogP contribution in [0.2, 0.25) is 0 Å². The summed E-state index contributed by atoms with van der Waals surface area (Å²) in [6, 6.07) is 10.6. The summed E-state index contributed by atoms with van der Waals surface area (Å²) in [7, 11) is 0. The van der Waals surface area contributed by atoms with Gasteiger partial charge in [0.2, 0.25) is 11.6 Å². The van der Waals surface area contributed by atoms with Crippen molar-refractivity contribution in [3.8, 4) is 22.9 Å². The van der Waals surface area contributed by atoms with Gasteiger partial charge >= 0.3 is 0 Å². The van der Waals surface area contributed by atoms with Crippen LogP contribution in [0.1, 0.15) is 12.5 Å². The standard InChI is InChI=1S/C23H19FN6O4/c1-2-33-22-19(20(31)21(22)32)26-18-7-9-25-23(27-18)16-11-17(15-8-10-34-29-15)30(28-16)12-13-5-3-4-6-14(13)24/h3-11,19,22H,2,12H2,1H3,(H,25,26,27). The molecule has 2 unspecified atom stereocenters. The van der Waals surface area contributed by atoms with Crippen LogP contribution in [-0.4, -0.2) is 55.2 Å². The second-order valence-corrected chi connectivity index (χ2v) is 7.54. The molecular weight excluding hydrogens is 443 g/mol. The van der Waals surface area contributed by atoms with E-state index in [1.54, 1.807) is 48.0 Å². The third-order valence-corrected chi connectivity index (χ3v) is 5.38. The molecule has 0 bridgehead atoms. The van der Waals surface area contributed by atoms with E-state index in [4.69, 9.17) is 9.26 Å². The third kappa shape index (κ3) is 3.97. The van der Waals surface area contributed by atoms with Crippen molar-refractivity contribution in [1.82, 2.24) is 24.9 Å². The molecule has 1 N–H and O–H groups in total. The van der Waals surface area contributed by atoms with Gasteiger partial charge < -0.3 is 14.6 Å². The van der Waals surface area contributed by atoms with Gasteiger partial charge in [-0.05, 0) is 25.1 Å². The van der Waals surface area contributed by atoms with Crippen molar-refractivity contribution in [1.29, 1.82) is 0 Å². The van der Waals surface area contributed by atoms with Gasteiger partial charge in [0, 0.05) is 24.4 Å². The Morgan fingerprint density at radius 3 is 2.76 bits per heavy atom. The zero-order chi connectivity index (χ0) is 23.7. The topological polar surface area (TPSA) is 125 Å². The molecule has 5 rings (SSSR count). The highest BCUT2D eigenvalue weighted by atomic mass is 19.1. The molecule has 0 radical (unpaired) electrons. The van der Waals surface area contributed by atoms with E-state index in [1.165, 1.54) is 18.5 Å². The van der Waals surface area contributed by atoms with Gasteiger partial charge in [0.15, 0.2) is 11.9 Å². The summed E-state index contributed by atoms with van der Waals surface area (Å²) >= 11 is 0. The minimum absolute atomic E-state index is 0.154. The molecule has 1 aliphatic carbocycles. The molecule has 3 heterocycles. The average Bonchev–Trinajstić information content (AvgIpc) is 3.53. The van der Waals surface area contributed by atoms with E-state index in [0.29, 0.717) is 35.1 Å². The van der Waals surface area contributed by atoms with Gasteiger partial charge in [-0.2, -0.15) is 5.10 Å². The van der Waals surface area contributed by atoms with Crippen LogP contribution in [0.25, 0.3) is 22.9 Å². The molecule has 2 atom stereocenters. The summed E-state index contributed by atoms with van der Waals surface area (Å²) < 4.78 is 26.2. The fourth-order valence-corrected chi connectivity index (χ4v) is 3.69. The number of rotatable bonds is 8. The Labute approximate surface area is 192 Å². The summed E-state index contributed by atoms with van der Waals surface area (Å²) in [5, 5.41) is 11.5. The Balaban J connectivity index is 1.45. The van der Waals surface area contributed by atoms with E-state index in [-0.39, 0.29) is 18.2 Å². The fraction of sp³-hybridized carbons (Fsp3) is 0.217. The van der Waals surface area contributed by atoms with Crippen LogP contribution < -0.4 is 5.32 Å². The molecule has 10 nitrogen and oxygen atoms in total. The third-order valence-electron chi connectivity index (χ3n) is 5.38. The molecule has 34 heavy (non-hydrogen) atoms. The SMILES string of the molecule is CCOC1C(=O)C(=O)C1Nc1ccnc(-c2cc(-c3ccon3)n(Cc3ccccc3F)n2)n1. The van der Waals surface area contributed by atoms with Gasteiger partial charge in [0.05, 0.1) is 12.2 Å². The number of benzene rings is 1. The smallest absolute Gasteiger partial charge is 0.231 e. The lowest BCUT2D eigenvalue weighted by Crippen LogP contribution is -2.62. The molecule has 1 aromatic carbocycles. The Kier molecular flexibility index (Phi) is 5.68. The number of nitrogens with zero attached hydrogens (tertiary/aromatic N) is 5. The maximum absolute atomic E-state index is 14.3. The van der Waals surface area contributed by atoms with Crippen LogP contribution >= 0.6 is 0 Å². The van der Waals surface area contributed by atoms with Crippen molar-refractivity contribution >= 4 is 17.4 Å². The highest BCUT2D eigenvalue weighted by Gasteiger charge is 2.50. The van der Waals surface area contributed by atoms with E-state index in [1.807, 2.05) is 0 Å². The summed E-state index contributed by atoms with van der Waals surface area (Å²) in [5.74, 6) is -0.851. The number of anilines is 1. The summed E-state index contributed by atoms with van der Waals surface area (Å²) in [6.07, 6.45) is 2.11. The second kappa shape index (κ2) is 8.94. The zero-order valence-corrected chi connectivity index (χ0v) is 18.0. The molecule has 1 saturated carbocycles. The monoisotopic (exact) mass is 462 g/mol. The Hall–Kier alpha value is -4.25. The molecular formula is C23H19FN6O4. The largest absolute Gasteiger partial charge is 0.368 e. The van der Waals surface area contributed by atoms with Crippen LogP contribution in [0.15, 0.2) is 59.4 Å². The molecule has 172 valence electrons. The van der Waals surface area contributed by atoms with E-state index >= 15 is 0 Å². The van der Waals surface area contributed by atoms with E-state index in [2.05, 4.69) is 25.5 Å². The normalized spacial score (nSPS) is 17.6. The highest BCUT2D eigenvalue weighted by Crippen LogP contribution is 2.26. The Morgan fingerprint density at radius 2 is 2.00 bits per heavy atom. The van der Waals surface area contributed by atoms with Crippen molar-refractivity contribution in [3.05, 3.63) is 66.3 Å². The van der Waals surface area contributed by atoms with E-state index < -0.39 is 23.7 Å². The Bertz CT molecular complexity index is 1350. The molecule has 0 spiro atoms. The molecule has 0 aliphatic heterocycles. The zero-order valence-electron chi connectivity index (χ0n) is 18.0. The number of ether oxygens (including phenoxy) is 1. The first-order chi connectivity index (χ1) is 16.5. The van der Waals surface area contributed by atoms with Crippen LogP contribution in [0.3, 0.4) is 0 Å². The molecule has 3 aromatic heterocycles. The first kappa shape index (κ1) is 21.6. The summed E-state index contributed by atoms with van der Waals surface area (Å²) in [5.41, 5.74) is 1.97. The number of nitrogens with one attached hydrogen (secondary N) is 1. The molecule has 1 aliphatic rings. The lowest BCUT2D eigenvalue weighted by molar-refractivity contribution is -0.156. The number of ketones is 2. The van der Waals surface area contributed by atoms with Crippen LogP contribution in [0, 0.1) is 5.82 Å². The van der Waals surface area contributed by atoms with Crippen molar-refractivity contribution in [2.24, 2.45) is 0 Å². The fourth-order valence-electron chi connectivity index (χ4n) is 3.69. The number of hydrogen-bond acceptors (Lipinski definition) is 9. The predicted molar refractivity (Wildman–Crippen MR) is 117 cm³/mol. The van der Waals surface area contributed by atoms with Gasteiger partial charge in [-0.15, -0.1) is 0 Å². The predicted octanol–water partition coefficient (Wildman–Crippen LogP) is 2.52. The number of carbonyl (C=O) groups excluding carboxylic acids is 2. The van der Waals surface area contributed by atoms with Crippen LogP contribution in [0.5, 0.6) is 0 Å². The van der Waals surface area contributed by atoms with Gasteiger partial charge in [0.1, 0.15) is 35.3 Å². The number of halogens is 1. The Morgan fingerprint density at radius 1 is 1.15 bits per heavy atom. The lowest BCUT2D eigenvalue weighted by Gasteiger charge is -2.33. The average molecular weight is 462 g/mol. The minimum Gasteiger partial charge on any atom is -0.368 e. The van der Waals surface area contributed by atoms with Gasteiger partial charge in [-0.25, -0.2) is 14.4 Å². The first-order valence-electron chi connectivity index (χ1n) is 10.6. The number of Topliss-reactive ketones (excluding diaryl/α,β-unsaturated/α-hetero) is 2. The van der Waals surface area contributed by atoms with Crippen molar-refractivity contribution in [2.45, 2.75) is 25.6 Å². The molecule has 0 amide bonds. The molecule has 11 heteroatoms. The lowest BCUT2D eigenvalue weighted by atomic mass is 9.85. The van der Waals surface area contributed by atoms with E-state index in [9.17, 15) is 14.0 Å². The van der Waals surface area contributed by atoms with Gasteiger partial charge in [0.25, 0.3) is 0 Å². The van der Waals surface area contributed by atoms with E-state index in [0.717, 1.165) is 0 Å². The molecule has 0 saturated heterocycles. The molecule has 1 fully saturated rings. The van der Waals surface area contributed by atoms with Crippen molar-refractivity contribution in [2.75, 3.05) is 11.9 Å². The number of hydrogen-bond donors (Lipinski definition) is 1. The molecule has 4 aromatic rings. The number of carbonyl (C=O) groups is 2. The van der Waals surface area contributed by atoms with Crippen LogP contribution in [0.4, 0.5) is 10.2 Å². The minimum atomic E-state index is -0.838. The first-order valence-corrected chi connectivity index (χ1v) is 10.6. The maximum atomic E-state index is 14.3. The van der Waals surface area contributed by atoms with Gasteiger partial charge in [-0.3, -0.25) is 14.3 Å². The number of aromatic nitrogens is 5. The highest BCUT2D eigenvalue weighted by molar-refractivity contribution is 6.49. The van der Waals surface area contributed by atoms with Crippen molar-refractivity contribution < 1.29 is 23.2 Å². The summed E-state index contributed by atoms with van der Waals surface area (Å²) in [4.78, 5) is 32.5. The van der Waals surface area contributed by atoms with Crippen LogP contribution in [-0.2, 0) is 20.9 Å². The van der Waals surface area contributed by atoms with Gasteiger partial charge in [-0.1, -0.05) is 23.4 Å². The summed E-state index contributed by atoms with van der Waals surface area (Å²) in [6.45, 7) is 2.21. The maximum Gasteiger partial charge on any atom is 0.231 e. The second-order valence-electron chi connectivity index (χ2n) is 7.54. The van der Waals surface area contributed by atoms with Crippen molar-refractivity contribution in [3.63, 3.8) is 0 Å². The quantitative estimate of drug-likeness (QED) is 0.393.